The van der Waals surface area contributed by atoms with Crippen LogP contribution in [-0.2, 0) is 20.1 Å². The molecule has 2 N–H and O–H groups in total. The summed E-state index contributed by atoms with van der Waals surface area (Å²) < 4.78 is 2.01. The topological polar surface area (TPSA) is 52.8 Å². The molecule has 0 fully saturated rings. The Morgan fingerprint density at radius 1 is 1.38 bits per heavy atom. The fourth-order valence-electron chi connectivity index (χ4n) is 2.33. The average molecular weight is 463 g/mol. The van der Waals surface area contributed by atoms with Crippen LogP contribution in [0.25, 0.3) is 0 Å². The van der Waals surface area contributed by atoms with Crippen LogP contribution in [0.5, 0.6) is 5.75 Å². The van der Waals surface area contributed by atoms with E-state index in [1.165, 1.54) is 0 Å². The van der Waals surface area contributed by atoms with E-state index < -0.39 is 0 Å². The first kappa shape index (κ1) is 20.6. The average Bonchev–Trinajstić information content (AvgIpc) is 2.81. The predicted octanol–water partition coefficient (Wildman–Crippen LogP) is 3.60. The highest BCUT2D eigenvalue weighted by Crippen LogP contribution is 2.15. The van der Waals surface area contributed by atoms with Gasteiger partial charge in [0.1, 0.15) is 5.75 Å². The maximum absolute atomic E-state index is 9.53. The van der Waals surface area contributed by atoms with E-state index in [4.69, 9.17) is 11.6 Å². The molecule has 0 aliphatic rings. The number of aliphatic imine (C=N–C) groups is 1. The summed E-state index contributed by atoms with van der Waals surface area (Å²) in [6.07, 6.45) is 1.89. The molecule has 0 radical (unpaired) electrons. The number of hydrogen-bond donors (Lipinski definition) is 2. The lowest BCUT2D eigenvalue weighted by atomic mass is 10.2. The number of nitrogens with one attached hydrogen (secondary N) is 1. The minimum Gasteiger partial charge on any atom is -0.508 e. The van der Waals surface area contributed by atoms with Crippen LogP contribution in [0.2, 0.25) is 5.02 Å². The number of nitrogens with zero attached hydrogens (tertiary/aromatic N) is 3. The molecule has 2 aromatic rings. The summed E-state index contributed by atoms with van der Waals surface area (Å²) in [7, 11) is 3.97. The molecule has 0 unspecified atom stereocenters. The van der Waals surface area contributed by atoms with Crippen LogP contribution in [0.3, 0.4) is 0 Å². The van der Waals surface area contributed by atoms with Crippen molar-refractivity contribution >= 4 is 41.5 Å². The van der Waals surface area contributed by atoms with E-state index in [1.54, 1.807) is 12.1 Å². The maximum Gasteiger partial charge on any atom is 0.194 e. The molecule has 1 aromatic heterocycles. The first-order chi connectivity index (χ1) is 11.0. The van der Waals surface area contributed by atoms with Crippen molar-refractivity contribution in [3.05, 3.63) is 52.8 Å². The molecule has 0 atom stereocenters. The molecule has 0 saturated heterocycles. The maximum atomic E-state index is 9.53. The normalized spacial score (nSPS) is 11.1. The van der Waals surface area contributed by atoms with Gasteiger partial charge < -0.3 is 19.9 Å². The molecule has 0 amide bonds. The molecule has 2 rings (SSSR count). The van der Waals surface area contributed by atoms with Crippen molar-refractivity contribution in [3.8, 4) is 5.75 Å². The van der Waals surface area contributed by atoms with Crippen molar-refractivity contribution in [1.82, 2.24) is 14.8 Å². The van der Waals surface area contributed by atoms with Crippen LogP contribution in [0, 0.1) is 0 Å². The Kier molecular flexibility index (Phi) is 8.41. The van der Waals surface area contributed by atoms with Crippen molar-refractivity contribution in [3.63, 3.8) is 0 Å². The summed E-state index contributed by atoms with van der Waals surface area (Å²) in [5.74, 6) is 1.07. The number of aryl methyl sites for hydroxylation is 1. The first-order valence-corrected chi connectivity index (χ1v) is 7.95. The molecule has 5 nitrogen and oxygen atoms in total. The van der Waals surface area contributed by atoms with Crippen LogP contribution < -0.4 is 5.32 Å². The Morgan fingerprint density at radius 3 is 2.71 bits per heavy atom. The second-order valence-electron chi connectivity index (χ2n) is 5.46. The van der Waals surface area contributed by atoms with Gasteiger partial charge in [-0.05, 0) is 30.7 Å². The SMILES string of the molecule is CCNC(=NCc1cccc(O)c1)N(C)Cc1cc(Cl)cn1C.I. The number of benzene rings is 1. The second-order valence-corrected chi connectivity index (χ2v) is 5.89. The Hall–Kier alpha value is -1.41. The van der Waals surface area contributed by atoms with Crippen LogP contribution >= 0.6 is 35.6 Å². The number of phenolic OH excluding ortho intramolecular Hbond substituents is 1. The van der Waals surface area contributed by atoms with E-state index in [0.717, 1.165) is 28.8 Å². The lowest BCUT2D eigenvalue weighted by Crippen LogP contribution is -2.38. The van der Waals surface area contributed by atoms with Gasteiger partial charge in [0, 0.05) is 32.5 Å². The zero-order valence-corrected chi connectivity index (χ0v) is 17.2. The second kappa shape index (κ2) is 9.78. The van der Waals surface area contributed by atoms with Gasteiger partial charge in [-0.25, -0.2) is 4.99 Å². The quantitative estimate of drug-likeness (QED) is 0.406. The highest BCUT2D eigenvalue weighted by Gasteiger charge is 2.09. The van der Waals surface area contributed by atoms with Crippen LogP contribution in [0.4, 0.5) is 0 Å². The zero-order chi connectivity index (χ0) is 16.8. The molecule has 132 valence electrons. The number of rotatable bonds is 5. The van der Waals surface area contributed by atoms with Crippen molar-refractivity contribution in [2.45, 2.75) is 20.0 Å². The summed E-state index contributed by atoms with van der Waals surface area (Å²) in [6, 6.07) is 9.11. The number of phenols is 1. The summed E-state index contributed by atoms with van der Waals surface area (Å²) in [4.78, 5) is 6.69. The summed E-state index contributed by atoms with van der Waals surface area (Å²) in [5, 5.41) is 13.5. The number of aromatic nitrogens is 1. The molecular weight excluding hydrogens is 439 g/mol. The third-order valence-electron chi connectivity index (χ3n) is 3.49. The smallest absolute Gasteiger partial charge is 0.194 e. The van der Waals surface area contributed by atoms with Gasteiger partial charge in [0.25, 0.3) is 0 Å². The third-order valence-corrected chi connectivity index (χ3v) is 3.70. The predicted molar refractivity (Wildman–Crippen MR) is 110 cm³/mol. The molecule has 0 aliphatic heterocycles. The van der Waals surface area contributed by atoms with E-state index in [-0.39, 0.29) is 29.7 Å². The molecule has 24 heavy (non-hydrogen) atoms. The van der Waals surface area contributed by atoms with Crippen molar-refractivity contribution in [2.75, 3.05) is 13.6 Å². The highest BCUT2D eigenvalue weighted by atomic mass is 127. The van der Waals surface area contributed by atoms with Crippen molar-refractivity contribution in [2.24, 2.45) is 12.0 Å². The Morgan fingerprint density at radius 2 is 2.12 bits per heavy atom. The van der Waals surface area contributed by atoms with Gasteiger partial charge in [0.05, 0.1) is 18.1 Å². The lowest BCUT2D eigenvalue weighted by Gasteiger charge is -2.22. The third kappa shape index (κ3) is 5.90. The Balaban J connectivity index is 0.00000288. The zero-order valence-electron chi connectivity index (χ0n) is 14.2. The van der Waals surface area contributed by atoms with Gasteiger partial charge in [-0.1, -0.05) is 23.7 Å². The monoisotopic (exact) mass is 462 g/mol. The van der Waals surface area contributed by atoms with Crippen LogP contribution in [0.15, 0.2) is 41.5 Å². The number of guanidine groups is 1. The van der Waals surface area contributed by atoms with E-state index in [2.05, 4.69) is 15.2 Å². The molecule has 0 saturated carbocycles. The summed E-state index contributed by atoms with van der Waals surface area (Å²) in [5.41, 5.74) is 2.08. The van der Waals surface area contributed by atoms with E-state index in [9.17, 15) is 5.11 Å². The minimum atomic E-state index is 0. The largest absolute Gasteiger partial charge is 0.508 e. The fourth-order valence-corrected chi connectivity index (χ4v) is 2.60. The number of hydrogen-bond acceptors (Lipinski definition) is 2. The molecule has 7 heteroatoms. The fraction of sp³-hybridized carbons (Fsp3) is 0.353. The summed E-state index contributed by atoms with van der Waals surface area (Å²) >= 11 is 6.04. The molecule has 0 spiro atoms. The Labute approximate surface area is 165 Å². The van der Waals surface area contributed by atoms with Gasteiger partial charge in [-0.3, -0.25) is 0 Å². The van der Waals surface area contributed by atoms with Crippen molar-refractivity contribution < 1.29 is 5.11 Å². The van der Waals surface area contributed by atoms with Gasteiger partial charge >= 0.3 is 0 Å². The summed E-state index contributed by atoms with van der Waals surface area (Å²) in [6.45, 7) is 4.04. The van der Waals surface area contributed by atoms with Crippen molar-refractivity contribution in [1.29, 1.82) is 0 Å². The van der Waals surface area contributed by atoms with E-state index in [0.29, 0.717) is 13.1 Å². The number of halogens is 2. The molecule has 1 heterocycles. The van der Waals surface area contributed by atoms with E-state index >= 15 is 0 Å². The van der Waals surface area contributed by atoms with Gasteiger partial charge in [0.15, 0.2) is 5.96 Å². The molecular formula is C17H24ClIN4O. The van der Waals surface area contributed by atoms with Crippen LogP contribution in [0.1, 0.15) is 18.2 Å². The molecule has 0 bridgehead atoms. The van der Waals surface area contributed by atoms with E-state index in [1.807, 2.05) is 50.0 Å². The Bertz CT molecular complexity index is 687. The lowest BCUT2D eigenvalue weighted by molar-refractivity contribution is 0.461. The van der Waals surface area contributed by atoms with Gasteiger partial charge in [0.2, 0.25) is 0 Å². The minimum absolute atomic E-state index is 0. The first-order valence-electron chi connectivity index (χ1n) is 7.57. The standard InChI is InChI=1S/C17H23ClN4O.HI/c1-4-19-17(20-10-13-6-5-7-16(23)8-13)22(3)12-15-9-14(18)11-21(15)2;/h5-9,11,23H,4,10,12H2,1-3H3,(H,19,20);1H. The number of aromatic hydroxyl groups is 1. The van der Waals surface area contributed by atoms with Crippen LogP contribution in [-0.4, -0.2) is 34.1 Å². The van der Waals surface area contributed by atoms with Gasteiger partial charge in [-0.15, -0.1) is 24.0 Å². The molecule has 0 aliphatic carbocycles. The molecule has 1 aromatic carbocycles. The highest BCUT2D eigenvalue weighted by molar-refractivity contribution is 14.0. The van der Waals surface area contributed by atoms with Gasteiger partial charge in [-0.2, -0.15) is 0 Å².